The number of rotatable bonds is 9. The number of allylic oxidation sites excluding steroid dienone is 1. The molecule has 1 saturated heterocycles. The van der Waals surface area contributed by atoms with E-state index in [1.54, 1.807) is 11.9 Å². The lowest BCUT2D eigenvalue weighted by molar-refractivity contribution is -0.143. The second-order valence-corrected chi connectivity index (χ2v) is 7.93. The second kappa shape index (κ2) is 10.5. The summed E-state index contributed by atoms with van der Waals surface area (Å²) >= 11 is 0. The van der Waals surface area contributed by atoms with Crippen molar-refractivity contribution in [2.24, 2.45) is 5.92 Å². The Hall–Kier alpha value is -2.47. The van der Waals surface area contributed by atoms with Crippen LogP contribution < -0.4 is 0 Å². The Morgan fingerprint density at radius 3 is 2.13 bits per heavy atom. The summed E-state index contributed by atoms with van der Waals surface area (Å²) < 4.78 is 11.2. The number of carbonyl (C=O) groups excluding carboxylic acids is 1. The lowest BCUT2D eigenvalue weighted by Gasteiger charge is -2.35. The van der Waals surface area contributed by atoms with Gasteiger partial charge in [0, 0.05) is 19.4 Å². The highest BCUT2D eigenvalue weighted by Crippen LogP contribution is 2.35. The minimum atomic E-state index is -0.855. The van der Waals surface area contributed by atoms with Crippen LogP contribution in [0.4, 0.5) is 0 Å². The fraction of sp³-hybridized carbons (Fsp3) is 0.400. The van der Waals surface area contributed by atoms with Crippen LogP contribution in [0, 0.1) is 5.92 Å². The van der Waals surface area contributed by atoms with Crippen LogP contribution in [0.25, 0.3) is 0 Å². The number of carbonyl (C=O) groups is 1. The molecule has 30 heavy (non-hydrogen) atoms. The van der Waals surface area contributed by atoms with Crippen molar-refractivity contribution in [2.75, 3.05) is 20.3 Å². The molecule has 0 saturated carbocycles. The van der Waals surface area contributed by atoms with Crippen molar-refractivity contribution < 1.29 is 19.4 Å². The fourth-order valence-corrected chi connectivity index (χ4v) is 3.99. The number of ether oxygens (including phenoxy) is 2. The molecular formula is C25H31NO4. The smallest absolute Gasteiger partial charge is 0.226 e. The molecule has 2 aromatic carbocycles. The number of nitrogens with zero attached hydrogens (tertiary/aromatic N) is 1. The van der Waals surface area contributed by atoms with Gasteiger partial charge in [0.2, 0.25) is 5.91 Å². The minimum absolute atomic E-state index is 0.0547. The average molecular weight is 410 g/mol. The Morgan fingerprint density at radius 2 is 1.60 bits per heavy atom. The van der Waals surface area contributed by atoms with Crippen molar-refractivity contribution >= 4 is 5.91 Å². The Balaban J connectivity index is 1.88. The van der Waals surface area contributed by atoms with Gasteiger partial charge >= 0.3 is 0 Å². The molecule has 3 rings (SSSR count). The van der Waals surface area contributed by atoms with E-state index < -0.39 is 12.1 Å². The van der Waals surface area contributed by atoms with Crippen molar-refractivity contribution in [2.45, 2.75) is 38.2 Å². The second-order valence-electron chi connectivity index (χ2n) is 7.93. The van der Waals surface area contributed by atoms with Crippen LogP contribution in [0.1, 0.15) is 43.0 Å². The third kappa shape index (κ3) is 5.57. The van der Waals surface area contributed by atoms with Gasteiger partial charge in [-0.15, -0.1) is 6.58 Å². The number of aliphatic hydroxyl groups is 1. The van der Waals surface area contributed by atoms with Gasteiger partial charge in [-0.25, -0.2) is 0 Å². The van der Waals surface area contributed by atoms with E-state index in [9.17, 15) is 9.90 Å². The summed E-state index contributed by atoms with van der Waals surface area (Å²) in [6, 6.07) is 18.6. The molecule has 0 bridgehead atoms. The zero-order valence-electron chi connectivity index (χ0n) is 17.7. The summed E-state index contributed by atoms with van der Waals surface area (Å²) in [5.41, 5.74) is 2.58. The van der Waals surface area contributed by atoms with Crippen molar-refractivity contribution in [3.8, 4) is 0 Å². The molecule has 160 valence electrons. The maximum Gasteiger partial charge on any atom is 0.226 e. The molecule has 0 aromatic heterocycles. The predicted molar refractivity (Wildman–Crippen MR) is 117 cm³/mol. The van der Waals surface area contributed by atoms with Gasteiger partial charge in [0.25, 0.3) is 0 Å². The first-order valence-corrected chi connectivity index (χ1v) is 10.4. The first kappa shape index (κ1) is 22.2. The molecule has 3 atom stereocenters. The molecule has 1 aliphatic heterocycles. The average Bonchev–Trinajstić information content (AvgIpc) is 3.27. The normalized spacial score (nSPS) is 17.3. The van der Waals surface area contributed by atoms with Crippen LogP contribution in [0.5, 0.6) is 0 Å². The fourth-order valence-electron chi connectivity index (χ4n) is 3.99. The predicted octanol–water partition coefficient (Wildman–Crippen LogP) is 4.27. The monoisotopic (exact) mass is 409 g/mol. The zero-order valence-corrected chi connectivity index (χ0v) is 17.7. The Labute approximate surface area is 178 Å². The SMILES string of the molecule is C=C(C)C[C@H](CC1OCCO1)C(=O)N(C)[C@H](c1ccccc1)[C@H](O)c1ccccc1. The van der Waals surface area contributed by atoms with Gasteiger partial charge in [-0.05, 0) is 24.5 Å². The van der Waals surface area contributed by atoms with Gasteiger partial charge in [0.1, 0.15) is 6.10 Å². The molecule has 1 amide bonds. The Morgan fingerprint density at radius 1 is 1.07 bits per heavy atom. The van der Waals surface area contributed by atoms with Crippen LogP contribution in [0.3, 0.4) is 0 Å². The van der Waals surface area contributed by atoms with Crippen LogP contribution in [0.2, 0.25) is 0 Å². The molecule has 0 spiro atoms. The topological polar surface area (TPSA) is 59.0 Å². The molecular weight excluding hydrogens is 378 g/mol. The number of benzene rings is 2. The summed E-state index contributed by atoms with van der Waals surface area (Å²) in [5, 5.41) is 11.2. The summed E-state index contributed by atoms with van der Waals surface area (Å²) in [5.74, 6) is -0.384. The van der Waals surface area contributed by atoms with Crippen molar-refractivity contribution in [3.05, 3.63) is 83.9 Å². The summed E-state index contributed by atoms with van der Waals surface area (Å²) in [7, 11) is 1.76. The molecule has 0 aliphatic carbocycles. The Kier molecular flexibility index (Phi) is 7.80. The summed E-state index contributed by atoms with van der Waals surface area (Å²) in [6.07, 6.45) is -0.207. The summed E-state index contributed by atoms with van der Waals surface area (Å²) in [4.78, 5) is 15.2. The number of hydrogen-bond donors (Lipinski definition) is 1. The van der Waals surface area contributed by atoms with Crippen LogP contribution in [-0.2, 0) is 14.3 Å². The van der Waals surface area contributed by atoms with E-state index in [-0.39, 0.29) is 18.1 Å². The van der Waals surface area contributed by atoms with Crippen LogP contribution in [-0.4, -0.2) is 42.5 Å². The standard InChI is InChI=1S/C25H31NO4/c1-18(2)16-21(17-22-29-14-15-30-22)25(28)26(3)23(19-10-6-4-7-11-19)24(27)20-12-8-5-9-13-20/h4-13,21-24,27H,1,14-17H2,2-3H3/t21-,23-,24-/m1/s1. The van der Waals surface area contributed by atoms with Gasteiger partial charge in [-0.1, -0.05) is 66.2 Å². The largest absolute Gasteiger partial charge is 0.386 e. The maximum atomic E-state index is 13.6. The maximum absolute atomic E-state index is 13.6. The summed E-state index contributed by atoms with van der Waals surface area (Å²) in [6.45, 7) is 7.01. The highest BCUT2D eigenvalue weighted by Gasteiger charge is 2.35. The highest BCUT2D eigenvalue weighted by atomic mass is 16.7. The van der Waals surface area contributed by atoms with E-state index in [1.165, 1.54) is 0 Å². The third-order valence-corrected chi connectivity index (χ3v) is 5.46. The first-order chi connectivity index (χ1) is 14.5. The number of amides is 1. The molecule has 0 unspecified atom stereocenters. The molecule has 0 radical (unpaired) electrons. The van der Waals surface area contributed by atoms with E-state index in [1.807, 2.05) is 67.6 Å². The molecule has 2 aromatic rings. The van der Waals surface area contributed by atoms with E-state index in [0.29, 0.717) is 26.1 Å². The third-order valence-electron chi connectivity index (χ3n) is 5.46. The van der Waals surface area contributed by atoms with E-state index in [4.69, 9.17) is 9.47 Å². The van der Waals surface area contributed by atoms with Gasteiger partial charge in [0.15, 0.2) is 6.29 Å². The minimum Gasteiger partial charge on any atom is -0.386 e. The number of hydrogen-bond acceptors (Lipinski definition) is 4. The Bertz CT molecular complexity index is 818. The molecule has 1 fully saturated rings. The van der Waals surface area contributed by atoms with Crippen LogP contribution >= 0.6 is 0 Å². The molecule has 5 heteroatoms. The van der Waals surface area contributed by atoms with E-state index >= 15 is 0 Å². The van der Waals surface area contributed by atoms with Gasteiger partial charge < -0.3 is 19.5 Å². The molecule has 5 nitrogen and oxygen atoms in total. The molecule has 1 aliphatic rings. The first-order valence-electron chi connectivity index (χ1n) is 10.4. The quantitative estimate of drug-likeness (QED) is 0.629. The zero-order chi connectivity index (χ0) is 21.5. The molecule has 1 heterocycles. The van der Waals surface area contributed by atoms with Crippen LogP contribution in [0.15, 0.2) is 72.8 Å². The lowest BCUT2D eigenvalue weighted by atomic mass is 9.91. The van der Waals surface area contributed by atoms with Gasteiger partial charge in [0.05, 0.1) is 19.3 Å². The van der Waals surface area contributed by atoms with Gasteiger partial charge in [-0.3, -0.25) is 4.79 Å². The highest BCUT2D eigenvalue weighted by molar-refractivity contribution is 5.79. The lowest BCUT2D eigenvalue weighted by Crippen LogP contribution is -2.40. The number of likely N-dealkylation sites (N-methyl/N-ethyl adjacent to an activating group) is 1. The molecule has 1 N–H and O–H groups in total. The van der Waals surface area contributed by atoms with Crippen molar-refractivity contribution in [3.63, 3.8) is 0 Å². The van der Waals surface area contributed by atoms with Crippen molar-refractivity contribution in [1.29, 1.82) is 0 Å². The van der Waals surface area contributed by atoms with Gasteiger partial charge in [-0.2, -0.15) is 0 Å². The van der Waals surface area contributed by atoms with E-state index in [0.717, 1.165) is 16.7 Å². The van der Waals surface area contributed by atoms with E-state index in [2.05, 4.69) is 6.58 Å². The van der Waals surface area contributed by atoms with Crippen molar-refractivity contribution in [1.82, 2.24) is 4.90 Å². The number of aliphatic hydroxyl groups excluding tert-OH is 1.